The molecule has 19 heavy (non-hydrogen) atoms. The molecule has 3 nitrogen and oxygen atoms in total. The predicted octanol–water partition coefficient (Wildman–Crippen LogP) is 2.43. The van der Waals surface area contributed by atoms with Gasteiger partial charge in [-0.3, -0.25) is 0 Å². The summed E-state index contributed by atoms with van der Waals surface area (Å²) < 4.78 is 11.1. The van der Waals surface area contributed by atoms with Gasteiger partial charge >= 0.3 is 0 Å². The summed E-state index contributed by atoms with van der Waals surface area (Å²) >= 11 is 0. The highest BCUT2D eigenvalue weighted by Gasteiger charge is 2.26. The molecule has 1 fully saturated rings. The second-order valence-corrected chi connectivity index (χ2v) is 5.72. The third-order valence-corrected chi connectivity index (χ3v) is 3.78. The van der Waals surface area contributed by atoms with Crippen LogP contribution in [-0.4, -0.2) is 33.4 Å². The fraction of sp³-hybridized carbons (Fsp3) is 0.625. The first-order valence-corrected chi connectivity index (χ1v) is 7.11. The smallest absolute Gasteiger partial charge is 0.122 e. The first kappa shape index (κ1) is 14.4. The van der Waals surface area contributed by atoms with Gasteiger partial charge in [0.1, 0.15) is 5.75 Å². The number of ether oxygens (including phenoxy) is 2. The van der Waals surface area contributed by atoms with Crippen LogP contribution in [0.15, 0.2) is 18.2 Å². The Kier molecular flexibility index (Phi) is 4.83. The molecule has 0 aliphatic carbocycles. The number of benzene rings is 1. The first-order chi connectivity index (χ1) is 9.17. The van der Waals surface area contributed by atoms with Gasteiger partial charge in [0.05, 0.1) is 20.3 Å². The normalized spacial score (nSPS) is 23.9. The minimum absolute atomic E-state index is 0.177. The van der Waals surface area contributed by atoms with Crippen LogP contribution in [0.5, 0.6) is 5.75 Å². The van der Waals surface area contributed by atoms with Gasteiger partial charge in [-0.15, -0.1) is 0 Å². The molecule has 0 bridgehead atoms. The van der Waals surface area contributed by atoms with Crippen LogP contribution in [0.1, 0.15) is 25.0 Å². The topological polar surface area (TPSA) is 30.5 Å². The van der Waals surface area contributed by atoms with Gasteiger partial charge in [-0.25, -0.2) is 0 Å². The molecule has 3 heteroatoms. The van der Waals surface area contributed by atoms with Crippen LogP contribution in [0, 0.1) is 5.41 Å². The number of rotatable bonds is 4. The zero-order valence-electron chi connectivity index (χ0n) is 12.3. The third kappa shape index (κ3) is 3.71. The van der Waals surface area contributed by atoms with E-state index in [-0.39, 0.29) is 5.41 Å². The molecule has 2 rings (SSSR count). The highest BCUT2D eigenvalue weighted by Crippen LogP contribution is 2.27. The molecule has 0 amide bonds. The van der Waals surface area contributed by atoms with Crippen molar-refractivity contribution in [1.82, 2.24) is 5.32 Å². The average Bonchev–Trinajstić information content (AvgIpc) is 2.63. The Morgan fingerprint density at radius 3 is 3.00 bits per heavy atom. The molecule has 1 aromatic rings. The van der Waals surface area contributed by atoms with Crippen molar-refractivity contribution in [2.24, 2.45) is 5.41 Å². The van der Waals surface area contributed by atoms with E-state index in [0.717, 1.165) is 44.9 Å². The highest BCUT2D eigenvalue weighted by molar-refractivity contribution is 5.37. The summed E-state index contributed by atoms with van der Waals surface area (Å²) in [7, 11) is 1.73. The fourth-order valence-corrected chi connectivity index (χ4v) is 2.73. The van der Waals surface area contributed by atoms with E-state index in [2.05, 4.69) is 37.4 Å². The van der Waals surface area contributed by atoms with Crippen molar-refractivity contribution in [2.75, 3.05) is 33.4 Å². The Bertz CT molecular complexity index is 409. The minimum atomic E-state index is 0.177. The van der Waals surface area contributed by atoms with Crippen molar-refractivity contribution in [3.63, 3.8) is 0 Å². The molecule has 106 valence electrons. The number of hydrogen-bond donors (Lipinski definition) is 1. The lowest BCUT2D eigenvalue weighted by Crippen LogP contribution is -2.34. The summed E-state index contributed by atoms with van der Waals surface area (Å²) in [5.41, 5.74) is 2.83. The molecule has 1 atom stereocenters. The number of aryl methyl sites for hydroxylation is 1. The highest BCUT2D eigenvalue weighted by atomic mass is 16.5. The van der Waals surface area contributed by atoms with Crippen LogP contribution in [0.3, 0.4) is 0 Å². The van der Waals surface area contributed by atoms with Crippen LogP contribution in [0.25, 0.3) is 0 Å². The van der Waals surface area contributed by atoms with E-state index >= 15 is 0 Å². The monoisotopic (exact) mass is 263 g/mol. The lowest BCUT2D eigenvalue weighted by Gasteiger charge is -2.27. The van der Waals surface area contributed by atoms with Crippen molar-refractivity contribution in [3.8, 4) is 5.75 Å². The van der Waals surface area contributed by atoms with Gasteiger partial charge in [-0.1, -0.05) is 26.0 Å². The largest absolute Gasteiger partial charge is 0.496 e. The zero-order chi connectivity index (χ0) is 13.7. The molecule has 1 aromatic carbocycles. The van der Waals surface area contributed by atoms with E-state index in [4.69, 9.17) is 9.47 Å². The third-order valence-electron chi connectivity index (χ3n) is 3.78. The van der Waals surface area contributed by atoms with E-state index in [0.29, 0.717) is 0 Å². The maximum Gasteiger partial charge on any atom is 0.122 e. The van der Waals surface area contributed by atoms with Crippen LogP contribution in [-0.2, 0) is 17.6 Å². The standard InChI is InChI=1S/C16H25NO2/c1-4-14-9-13(5-6-15(14)18-3)10-16(2)11-17-7-8-19-12-16/h5-6,9,17H,4,7-8,10-12H2,1-3H3. The van der Waals surface area contributed by atoms with Gasteiger partial charge in [0.2, 0.25) is 0 Å². The molecule has 1 aliphatic heterocycles. The predicted molar refractivity (Wildman–Crippen MR) is 77.9 cm³/mol. The molecule has 0 aromatic heterocycles. The summed E-state index contributed by atoms with van der Waals surface area (Å²) in [6.07, 6.45) is 2.04. The Morgan fingerprint density at radius 1 is 1.42 bits per heavy atom. The van der Waals surface area contributed by atoms with Gasteiger partial charge in [-0.05, 0) is 30.0 Å². The molecule has 0 spiro atoms. The first-order valence-electron chi connectivity index (χ1n) is 7.11. The van der Waals surface area contributed by atoms with Gasteiger partial charge in [0.25, 0.3) is 0 Å². The molecule has 1 unspecified atom stereocenters. The Morgan fingerprint density at radius 2 is 2.26 bits per heavy atom. The molecule has 1 N–H and O–H groups in total. The van der Waals surface area contributed by atoms with Crippen molar-refractivity contribution in [3.05, 3.63) is 29.3 Å². The molecule has 0 radical (unpaired) electrons. The van der Waals surface area contributed by atoms with Crippen LogP contribution in [0.4, 0.5) is 0 Å². The molecular formula is C16H25NO2. The summed E-state index contributed by atoms with van der Waals surface area (Å²) in [5.74, 6) is 0.992. The maximum atomic E-state index is 5.70. The summed E-state index contributed by atoms with van der Waals surface area (Å²) in [4.78, 5) is 0. The molecule has 1 saturated heterocycles. The fourth-order valence-electron chi connectivity index (χ4n) is 2.73. The number of methoxy groups -OCH3 is 1. The van der Waals surface area contributed by atoms with E-state index in [1.165, 1.54) is 11.1 Å². The van der Waals surface area contributed by atoms with E-state index in [1.807, 2.05) is 0 Å². The van der Waals surface area contributed by atoms with E-state index in [1.54, 1.807) is 7.11 Å². The van der Waals surface area contributed by atoms with Crippen molar-refractivity contribution >= 4 is 0 Å². The van der Waals surface area contributed by atoms with Gasteiger partial charge in [-0.2, -0.15) is 0 Å². The summed E-state index contributed by atoms with van der Waals surface area (Å²) in [6.45, 7) is 8.08. The van der Waals surface area contributed by atoms with Crippen LogP contribution in [0.2, 0.25) is 0 Å². The van der Waals surface area contributed by atoms with E-state index in [9.17, 15) is 0 Å². The summed E-state index contributed by atoms with van der Waals surface area (Å²) in [5, 5.41) is 3.46. The molecule has 1 aliphatic rings. The van der Waals surface area contributed by atoms with Gasteiger partial charge < -0.3 is 14.8 Å². The minimum Gasteiger partial charge on any atom is -0.496 e. The van der Waals surface area contributed by atoms with Crippen molar-refractivity contribution in [2.45, 2.75) is 26.7 Å². The molecule has 0 saturated carbocycles. The SMILES string of the molecule is CCc1cc(CC2(C)CNCCOC2)ccc1OC. The second-order valence-electron chi connectivity index (χ2n) is 5.72. The lowest BCUT2D eigenvalue weighted by atomic mass is 9.84. The van der Waals surface area contributed by atoms with Crippen molar-refractivity contribution in [1.29, 1.82) is 0 Å². The Hall–Kier alpha value is -1.06. The number of hydrogen-bond acceptors (Lipinski definition) is 3. The molecular weight excluding hydrogens is 238 g/mol. The second kappa shape index (κ2) is 6.40. The van der Waals surface area contributed by atoms with Gasteiger partial charge in [0.15, 0.2) is 0 Å². The number of nitrogens with one attached hydrogen (secondary N) is 1. The van der Waals surface area contributed by atoms with Crippen molar-refractivity contribution < 1.29 is 9.47 Å². The Labute approximate surface area is 116 Å². The average molecular weight is 263 g/mol. The van der Waals surface area contributed by atoms with Crippen LogP contribution >= 0.6 is 0 Å². The molecule has 1 heterocycles. The van der Waals surface area contributed by atoms with E-state index < -0.39 is 0 Å². The maximum absolute atomic E-state index is 5.70. The summed E-state index contributed by atoms with van der Waals surface area (Å²) in [6, 6.07) is 6.53. The van der Waals surface area contributed by atoms with Gasteiger partial charge in [0, 0.05) is 18.5 Å². The quantitative estimate of drug-likeness (QED) is 0.905. The Balaban J connectivity index is 2.13. The zero-order valence-corrected chi connectivity index (χ0v) is 12.3. The van der Waals surface area contributed by atoms with Crippen LogP contribution < -0.4 is 10.1 Å². The lowest BCUT2D eigenvalue weighted by molar-refractivity contribution is 0.0796.